The van der Waals surface area contributed by atoms with Crippen molar-refractivity contribution in [1.29, 1.82) is 0 Å². The van der Waals surface area contributed by atoms with E-state index in [9.17, 15) is 0 Å². The van der Waals surface area contributed by atoms with Crippen LogP contribution in [0.15, 0.2) is 36.1 Å². The summed E-state index contributed by atoms with van der Waals surface area (Å²) in [6, 6.07) is 0. The van der Waals surface area contributed by atoms with Crippen molar-refractivity contribution in [3.63, 3.8) is 0 Å². The van der Waals surface area contributed by atoms with Gasteiger partial charge in [0.1, 0.15) is 11.9 Å². The third kappa shape index (κ3) is 11.1. The number of rotatable bonds is 4. The van der Waals surface area contributed by atoms with E-state index in [4.69, 9.17) is 4.74 Å². The van der Waals surface area contributed by atoms with Crippen LogP contribution < -0.4 is 5.73 Å². The Morgan fingerprint density at radius 2 is 1.56 bits per heavy atom. The van der Waals surface area contributed by atoms with Gasteiger partial charge in [0.2, 0.25) is 0 Å². The van der Waals surface area contributed by atoms with E-state index >= 15 is 0 Å². The van der Waals surface area contributed by atoms with E-state index in [0.29, 0.717) is 0 Å². The van der Waals surface area contributed by atoms with Gasteiger partial charge in [-0.1, -0.05) is 33.1 Å². The predicted octanol–water partition coefficient (Wildman–Crippen LogP) is 4.05. The number of ether oxygens (including phenoxy) is 1. The van der Waals surface area contributed by atoms with Gasteiger partial charge in [0.15, 0.2) is 0 Å². The van der Waals surface area contributed by atoms with Crippen molar-refractivity contribution in [3.05, 3.63) is 36.1 Å². The normalized spacial score (nSPS) is 11.1. The van der Waals surface area contributed by atoms with Crippen molar-refractivity contribution in [2.75, 3.05) is 7.05 Å². The molecule has 0 aromatic rings. The first-order chi connectivity index (χ1) is 7.49. The van der Waals surface area contributed by atoms with Crippen LogP contribution >= 0.6 is 0 Å². The fraction of sp³-hybridized carbons (Fsp3) is 0.571. The van der Waals surface area contributed by atoms with Gasteiger partial charge < -0.3 is 10.5 Å². The first-order valence-corrected chi connectivity index (χ1v) is 5.71. The van der Waals surface area contributed by atoms with Crippen molar-refractivity contribution in [1.82, 2.24) is 0 Å². The Morgan fingerprint density at radius 1 is 1.19 bits per heavy atom. The maximum Gasteiger partial charge on any atom is 0.116 e. The first kappa shape index (κ1) is 20.4. The fourth-order valence-corrected chi connectivity index (χ4v) is 0.568. The van der Waals surface area contributed by atoms with Crippen LogP contribution in [0.2, 0.25) is 0 Å². The summed E-state index contributed by atoms with van der Waals surface area (Å²) in [5.41, 5.74) is 6.59. The Bertz CT molecular complexity index is 217. The number of hydrogen-bond acceptors (Lipinski definition) is 2. The second-order valence-electron chi connectivity index (χ2n) is 3.00. The molecule has 96 valence electrons. The fourth-order valence-electron chi connectivity index (χ4n) is 0.568. The molecule has 0 aliphatic rings. The monoisotopic (exact) mass is 227 g/mol. The van der Waals surface area contributed by atoms with Crippen LogP contribution in [0.3, 0.4) is 0 Å². The molecule has 0 saturated carbocycles. The van der Waals surface area contributed by atoms with Gasteiger partial charge in [0.25, 0.3) is 0 Å². The average Bonchev–Trinajstić information content (AvgIpc) is 2.32. The van der Waals surface area contributed by atoms with Gasteiger partial charge in [-0.25, -0.2) is 0 Å². The summed E-state index contributed by atoms with van der Waals surface area (Å²) in [5.74, 6) is 0.730. The molecule has 0 bridgehead atoms. The zero-order valence-electron chi connectivity index (χ0n) is 12.1. The minimum atomic E-state index is 0.0485. The second-order valence-corrected chi connectivity index (χ2v) is 3.00. The Kier molecular flexibility index (Phi) is 17.8. The molecule has 0 saturated heterocycles. The molecule has 1 unspecified atom stereocenters. The summed E-state index contributed by atoms with van der Waals surface area (Å²) in [7, 11) is 1.50. The lowest BCUT2D eigenvalue weighted by atomic mass is 10.2. The molecule has 1 atom stereocenters. The van der Waals surface area contributed by atoms with Crippen LogP contribution in [0.25, 0.3) is 0 Å². The summed E-state index contributed by atoms with van der Waals surface area (Å²) in [6.45, 7) is 19.5. The van der Waals surface area contributed by atoms with Gasteiger partial charge in [-0.2, -0.15) is 0 Å². The molecule has 0 fully saturated rings. The third-order valence-corrected chi connectivity index (χ3v) is 1.89. The molecule has 16 heavy (non-hydrogen) atoms. The lowest BCUT2D eigenvalue weighted by Crippen LogP contribution is -2.08. The standard InChI is InChI=1S/C11H18O.C2H6.CH5N/c1-7-9(4)11(6)12-10(5)8(2)3;2*1-2/h7,10H,2,6H2,1,3-5H3;1-2H3;2H2,1H3/b9-7-;;. The van der Waals surface area contributed by atoms with E-state index in [2.05, 4.69) is 18.9 Å². The highest BCUT2D eigenvalue weighted by molar-refractivity contribution is 5.20. The van der Waals surface area contributed by atoms with Gasteiger partial charge >= 0.3 is 0 Å². The molecule has 0 aliphatic carbocycles. The van der Waals surface area contributed by atoms with E-state index in [-0.39, 0.29) is 6.10 Å². The lowest BCUT2D eigenvalue weighted by molar-refractivity contribution is 0.169. The minimum absolute atomic E-state index is 0.0485. The maximum atomic E-state index is 5.50. The Balaban J connectivity index is -0.000000376. The van der Waals surface area contributed by atoms with Crippen molar-refractivity contribution < 1.29 is 4.74 Å². The smallest absolute Gasteiger partial charge is 0.116 e. The number of allylic oxidation sites excluding steroid dienone is 2. The Hall–Kier alpha value is -1.02. The number of nitrogens with two attached hydrogens (primary N) is 1. The van der Waals surface area contributed by atoms with Gasteiger partial charge in [0, 0.05) is 0 Å². The maximum absolute atomic E-state index is 5.50. The van der Waals surface area contributed by atoms with Gasteiger partial charge in [-0.05, 0) is 45.9 Å². The molecule has 0 heterocycles. The summed E-state index contributed by atoms with van der Waals surface area (Å²) in [5, 5.41) is 0. The molecular formula is C14H29NO. The number of hydrogen-bond donors (Lipinski definition) is 1. The van der Waals surface area contributed by atoms with Crippen molar-refractivity contribution in [2.24, 2.45) is 5.73 Å². The van der Waals surface area contributed by atoms with E-state index in [1.807, 2.05) is 47.6 Å². The molecule has 0 spiro atoms. The molecule has 2 N–H and O–H groups in total. The summed E-state index contributed by atoms with van der Waals surface area (Å²) in [4.78, 5) is 0. The van der Waals surface area contributed by atoms with Gasteiger partial charge in [-0.3, -0.25) is 0 Å². The van der Waals surface area contributed by atoms with Crippen LogP contribution in [0, 0.1) is 0 Å². The molecule has 0 radical (unpaired) electrons. The summed E-state index contributed by atoms with van der Waals surface area (Å²) in [6.07, 6.45) is 2.03. The van der Waals surface area contributed by atoms with E-state index in [1.165, 1.54) is 7.05 Å². The van der Waals surface area contributed by atoms with Crippen LogP contribution in [-0.2, 0) is 4.74 Å². The zero-order valence-corrected chi connectivity index (χ0v) is 12.1. The topological polar surface area (TPSA) is 35.2 Å². The van der Waals surface area contributed by atoms with Crippen LogP contribution in [-0.4, -0.2) is 13.2 Å². The molecule has 0 amide bonds. The average molecular weight is 227 g/mol. The van der Waals surface area contributed by atoms with Crippen LogP contribution in [0.4, 0.5) is 0 Å². The van der Waals surface area contributed by atoms with Crippen LogP contribution in [0.5, 0.6) is 0 Å². The Labute approximate surface area is 102 Å². The minimum Gasteiger partial charge on any atom is -0.487 e. The molecule has 2 nitrogen and oxygen atoms in total. The van der Waals surface area contributed by atoms with Crippen LogP contribution in [0.1, 0.15) is 41.5 Å². The predicted molar refractivity (Wildman–Crippen MR) is 75.4 cm³/mol. The SMILES string of the molecule is C=C(OC(C)C(=C)C)/C(C)=C\C.CC.CN. The molecular weight excluding hydrogens is 198 g/mol. The molecule has 0 rings (SSSR count). The quantitative estimate of drug-likeness (QED) is 0.447. The Morgan fingerprint density at radius 3 is 1.81 bits per heavy atom. The largest absolute Gasteiger partial charge is 0.487 e. The van der Waals surface area contributed by atoms with E-state index < -0.39 is 0 Å². The second kappa shape index (κ2) is 14.0. The van der Waals surface area contributed by atoms with Gasteiger partial charge in [0.05, 0.1) is 0 Å². The van der Waals surface area contributed by atoms with E-state index in [1.54, 1.807) is 0 Å². The van der Waals surface area contributed by atoms with E-state index in [0.717, 1.165) is 16.9 Å². The highest BCUT2D eigenvalue weighted by Crippen LogP contribution is 2.13. The molecule has 0 aliphatic heterocycles. The molecule has 0 aromatic carbocycles. The lowest BCUT2D eigenvalue weighted by Gasteiger charge is -2.16. The van der Waals surface area contributed by atoms with Gasteiger partial charge in [-0.15, -0.1) is 0 Å². The summed E-state index contributed by atoms with van der Waals surface area (Å²) < 4.78 is 5.50. The zero-order chi connectivity index (χ0) is 13.7. The highest BCUT2D eigenvalue weighted by Gasteiger charge is 2.05. The highest BCUT2D eigenvalue weighted by atomic mass is 16.5. The third-order valence-electron chi connectivity index (χ3n) is 1.89. The van der Waals surface area contributed by atoms with Crippen molar-refractivity contribution in [2.45, 2.75) is 47.6 Å². The molecule has 0 aromatic heterocycles. The van der Waals surface area contributed by atoms with Crippen molar-refractivity contribution >= 4 is 0 Å². The molecule has 2 heteroatoms. The summed E-state index contributed by atoms with van der Waals surface area (Å²) >= 11 is 0. The first-order valence-electron chi connectivity index (χ1n) is 5.71. The van der Waals surface area contributed by atoms with Crippen molar-refractivity contribution in [3.8, 4) is 0 Å².